The Labute approximate surface area is 144 Å². The molecule has 1 amide bonds. The normalized spacial score (nSPS) is 15.5. The van der Waals surface area contributed by atoms with E-state index >= 15 is 0 Å². The van der Waals surface area contributed by atoms with Gasteiger partial charge in [-0.15, -0.1) is 5.10 Å². The van der Waals surface area contributed by atoms with Crippen molar-refractivity contribution in [1.29, 1.82) is 0 Å². The Morgan fingerprint density at radius 1 is 1.38 bits per heavy atom. The zero-order valence-corrected chi connectivity index (χ0v) is 14.6. The van der Waals surface area contributed by atoms with Gasteiger partial charge in [-0.2, -0.15) is 0 Å². The van der Waals surface area contributed by atoms with Crippen molar-refractivity contribution in [3.8, 4) is 0 Å². The summed E-state index contributed by atoms with van der Waals surface area (Å²) >= 11 is 1.32. The predicted octanol–water partition coefficient (Wildman–Crippen LogP) is 3.43. The molecule has 0 radical (unpaired) electrons. The van der Waals surface area contributed by atoms with Gasteiger partial charge in [0.15, 0.2) is 0 Å². The smallest absolute Gasteiger partial charge is 0.230 e. The molecule has 1 atom stereocenters. The first-order valence-corrected chi connectivity index (χ1v) is 9.11. The second-order valence-electron chi connectivity index (χ2n) is 6.41. The number of carbonyl (C=O) groups is 1. The lowest BCUT2D eigenvalue weighted by molar-refractivity contribution is -0.119. The third-order valence-electron chi connectivity index (χ3n) is 3.99. The number of hydrogen-bond donors (Lipinski definition) is 2. The molecule has 24 heavy (non-hydrogen) atoms. The molecule has 3 rings (SSSR count). The fraction of sp³-hybridized carbons (Fsp3) is 0.471. The van der Waals surface area contributed by atoms with Gasteiger partial charge in [0.05, 0.1) is 11.8 Å². The van der Waals surface area contributed by atoms with Crippen LogP contribution >= 0.6 is 11.8 Å². The second-order valence-corrected chi connectivity index (χ2v) is 7.35. The minimum Gasteiger partial charge on any atom is -0.348 e. The van der Waals surface area contributed by atoms with Crippen molar-refractivity contribution in [2.45, 2.75) is 43.8 Å². The molecule has 0 saturated heterocycles. The largest absolute Gasteiger partial charge is 0.348 e. The number of halogens is 1. The Balaban J connectivity index is 1.55. The summed E-state index contributed by atoms with van der Waals surface area (Å²) in [6, 6.07) is 6.11. The second kappa shape index (κ2) is 7.34. The maximum absolute atomic E-state index is 13.1. The van der Waals surface area contributed by atoms with Crippen molar-refractivity contribution in [2.75, 3.05) is 5.75 Å². The van der Waals surface area contributed by atoms with Gasteiger partial charge in [-0.05, 0) is 36.5 Å². The fourth-order valence-electron chi connectivity index (χ4n) is 2.51. The van der Waals surface area contributed by atoms with Crippen LogP contribution in [0.5, 0.6) is 0 Å². The van der Waals surface area contributed by atoms with Crippen LogP contribution in [0, 0.1) is 11.7 Å². The van der Waals surface area contributed by atoms with Gasteiger partial charge in [0.25, 0.3) is 0 Å². The molecular formula is C17H21FN4OS. The summed E-state index contributed by atoms with van der Waals surface area (Å²) in [4.78, 5) is 16.7. The third-order valence-corrected chi connectivity index (χ3v) is 4.84. The maximum atomic E-state index is 13.1. The molecule has 1 fully saturated rings. The van der Waals surface area contributed by atoms with E-state index in [1.807, 2.05) is 13.8 Å². The Hall–Kier alpha value is -1.89. The minimum atomic E-state index is -0.279. The molecule has 1 heterocycles. The molecule has 0 spiro atoms. The summed E-state index contributed by atoms with van der Waals surface area (Å²) in [7, 11) is 0. The van der Waals surface area contributed by atoms with E-state index in [1.54, 1.807) is 12.1 Å². The lowest BCUT2D eigenvalue weighted by Crippen LogP contribution is -2.33. The summed E-state index contributed by atoms with van der Waals surface area (Å²) in [5.41, 5.74) is 0.902. The summed E-state index contributed by atoms with van der Waals surface area (Å²) in [5, 5.41) is 10.7. The van der Waals surface area contributed by atoms with E-state index in [9.17, 15) is 9.18 Å². The van der Waals surface area contributed by atoms with E-state index in [0.717, 1.165) is 24.2 Å². The Kier molecular flexibility index (Phi) is 5.18. The van der Waals surface area contributed by atoms with Crippen LogP contribution in [0.15, 0.2) is 29.4 Å². The number of aromatic nitrogens is 3. The van der Waals surface area contributed by atoms with E-state index in [1.165, 1.54) is 23.9 Å². The highest BCUT2D eigenvalue weighted by Crippen LogP contribution is 2.38. The SMILES string of the molecule is CC(C)C(NC(=O)CSc1n[nH]c(C2CC2)n1)c1ccc(F)cc1. The first kappa shape index (κ1) is 17.0. The number of H-pyrrole nitrogens is 1. The molecule has 1 aromatic carbocycles. The molecule has 1 aliphatic rings. The van der Waals surface area contributed by atoms with Crippen LogP contribution in [0.25, 0.3) is 0 Å². The van der Waals surface area contributed by atoms with Gasteiger partial charge in [-0.1, -0.05) is 37.7 Å². The van der Waals surface area contributed by atoms with E-state index in [-0.39, 0.29) is 29.4 Å². The molecule has 2 N–H and O–H groups in total. The number of rotatable bonds is 7. The first-order valence-electron chi connectivity index (χ1n) is 8.13. The zero-order valence-electron chi connectivity index (χ0n) is 13.8. The van der Waals surface area contributed by atoms with Crippen molar-refractivity contribution in [1.82, 2.24) is 20.5 Å². The van der Waals surface area contributed by atoms with Crippen molar-refractivity contribution in [3.05, 3.63) is 41.5 Å². The molecule has 1 aromatic heterocycles. The van der Waals surface area contributed by atoms with Crippen molar-refractivity contribution in [3.63, 3.8) is 0 Å². The van der Waals surface area contributed by atoms with Crippen LogP contribution in [-0.4, -0.2) is 26.8 Å². The fourth-order valence-corrected chi connectivity index (χ4v) is 3.13. The van der Waals surface area contributed by atoms with Gasteiger partial charge in [0.1, 0.15) is 11.6 Å². The topological polar surface area (TPSA) is 70.7 Å². The maximum Gasteiger partial charge on any atom is 0.230 e. The molecule has 1 saturated carbocycles. The monoisotopic (exact) mass is 348 g/mol. The van der Waals surface area contributed by atoms with E-state index in [2.05, 4.69) is 20.5 Å². The number of nitrogens with one attached hydrogen (secondary N) is 2. The molecule has 0 aliphatic heterocycles. The average molecular weight is 348 g/mol. The molecule has 1 unspecified atom stereocenters. The van der Waals surface area contributed by atoms with E-state index < -0.39 is 0 Å². The van der Waals surface area contributed by atoms with Crippen LogP contribution in [0.1, 0.15) is 50.0 Å². The van der Waals surface area contributed by atoms with Crippen LogP contribution < -0.4 is 5.32 Å². The number of benzene rings is 1. The highest BCUT2D eigenvalue weighted by molar-refractivity contribution is 7.99. The number of thioether (sulfide) groups is 1. The Morgan fingerprint density at radius 3 is 2.71 bits per heavy atom. The number of aromatic amines is 1. The zero-order chi connectivity index (χ0) is 17.1. The Morgan fingerprint density at radius 2 is 2.08 bits per heavy atom. The molecule has 7 heteroatoms. The third kappa shape index (κ3) is 4.35. The highest BCUT2D eigenvalue weighted by Gasteiger charge is 2.27. The van der Waals surface area contributed by atoms with Crippen LogP contribution in [0.3, 0.4) is 0 Å². The molecule has 0 bridgehead atoms. The van der Waals surface area contributed by atoms with Crippen molar-refractivity contribution in [2.24, 2.45) is 5.92 Å². The quantitative estimate of drug-likeness (QED) is 0.752. The molecule has 1 aliphatic carbocycles. The summed E-state index contributed by atoms with van der Waals surface area (Å²) in [6.45, 7) is 4.05. The van der Waals surface area contributed by atoms with Crippen LogP contribution in [-0.2, 0) is 4.79 Å². The molecular weight excluding hydrogens is 327 g/mol. The van der Waals surface area contributed by atoms with Crippen LogP contribution in [0.4, 0.5) is 4.39 Å². The first-order chi connectivity index (χ1) is 11.5. The lowest BCUT2D eigenvalue weighted by Gasteiger charge is -2.22. The number of amides is 1. The summed E-state index contributed by atoms with van der Waals surface area (Å²) < 4.78 is 13.1. The summed E-state index contributed by atoms with van der Waals surface area (Å²) in [5.74, 6) is 1.54. The lowest BCUT2D eigenvalue weighted by atomic mass is 9.96. The van der Waals surface area contributed by atoms with Gasteiger partial charge in [0.2, 0.25) is 11.1 Å². The van der Waals surface area contributed by atoms with Gasteiger partial charge in [-0.3, -0.25) is 9.89 Å². The van der Waals surface area contributed by atoms with Crippen LogP contribution in [0.2, 0.25) is 0 Å². The molecule has 5 nitrogen and oxygen atoms in total. The number of nitrogens with zero attached hydrogens (tertiary/aromatic N) is 2. The Bertz CT molecular complexity index is 697. The highest BCUT2D eigenvalue weighted by atomic mass is 32.2. The van der Waals surface area contributed by atoms with Gasteiger partial charge >= 0.3 is 0 Å². The van der Waals surface area contributed by atoms with Gasteiger partial charge < -0.3 is 5.32 Å². The van der Waals surface area contributed by atoms with E-state index in [4.69, 9.17) is 0 Å². The van der Waals surface area contributed by atoms with Gasteiger partial charge in [-0.25, -0.2) is 9.37 Å². The van der Waals surface area contributed by atoms with Gasteiger partial charge in [0, 0.05) is 5.92 Å². The number of carbonyl (C=O) groups excluding carboxylic acids is 1. The predicted molar refractivity (Wildman–Crippen MR) is 91.2 cm³/mol. The molecule has 2 aromatic rings. The van der Waals surface area contributed by atoms with E-state index in [0.29, 0.717) is 11.1 Å². The standard InChI is InChI=1S/C17H21FN4OS/c1-10(2)15(11-5-7-13(18)8-6-11)19-14(23)9-24-17-20-16(21-22-17)12-3-4-12/h5-8,10,12,15H,3-4,9H2,1-2H3,(H,19,23)(H,20,21,22). The average Bonchev–Trinajstić information content (AvgIpc) is 3.30. The molecule has 128 valence electrons. The van der Waals surface area contributed by atoms with Crippen molar-refractivity contribution >= 4 is 17.7 Å². The summed E-state index contributed by atoms with van der Waals surface area (Å²) in [6.07, 6.45) is 2.32. The number of hydrogen-bond acceptors (Lipinski definition) is 4. The minimum absolute atomic E-state index is 0.0826. The van der Waals surface area contributed by atoms with Crippen molar-refractivity contribution < 1.29 is 9.18 Å².